The first kappa shape index (κ1) is 38.0. The van der Waals surface area contributed by atoms with Gasteiger partial charge >= 0.3 is 11.9 Å². The number of aliphatic hydroxyl groups excluding tert-OH is 5. The van der Waals surface area contributed by atoms with Crippen molar-refractivity contribution in [3.05, 3.63) is 0 Å². The van der Waals surface area contributed by atoms with Gasteiger partial charge in [-0.15, -0.1) is 0 Å². The fourth-order valence-electron chi connectivity index (χ4n) is 6.12. The molecule has 0 amide bonds. The highest BCUT2D eigenvalue weighted by Gasteiger charge is 2.52. The minimum absolute atomic E-state index is 0.132. The van der Waals surface area contributed by atoms with E-state index in [2.05, 4.69) is 0 Å². The smallest absolute Gasteiger partial charge is 0.306 e. The fraction of sp³-hybridized carbons (Fsp3) is 0.938. The van der Waals surface area contributed by atoms with E-state index in [4.69, 9.17) is 28.4 Å². The summed E-state index contributed by atoms with van der Waals surface area (Å²) in [6, 6.07) is 0. The van der Waals surface area contributed by atoms with Crippen molar-refractivity contribution in [2.45, 2.75) is 178 Å². The van der Waals surface area contributed by atoms with Crippen molar-refractivity contribution in [1.82, 2.24) is 0 Å². The molecule has 4 fully saturated rings. The van der Waals surface area contributed by atoms with Crippen LogP contribution in [-0.2, 0) is 38.0 Å². The molecule has 4 rings (SSSR count). The van der Waals surface area contributed by atoms with E-state index in [-0.39, 0.29) is 19.1 Å². The van der Waals surface area contributed by atoms with Gasteiger partial charge in [0.15, 0.2) is 18.7 Å². The van der Waals surface area contributed by atoms with Crippen LogP contribution < -0.4 is 0 Å². The molecule has 4 aliphatic heterocycles. The number of aliphatic hydroxyl groups is 5. The van der Waals surface area contributed by atoms with Crippen molar-refractivity contribution in [3.63, 3.8) is 0 Å². The normalized spacial score (nSPS) is 39.4. The second-order valence-corrected chi connectivity index (χ2v) is 12.7. The maximum absolute atomic E-state index is 12.6. The van der Waals surface area contributed by atoms with Crippen molar-refractivity contribution in [2.75, 3.05) is 13.2 Å². The molecule has 4 heterocycles. The second-order valence-electron chi connectivity index (χ2n) is 12.7. The predicted molar refractivity (Wildman–Crippen MR) is 160 cm³/mol. The highest BCUT2D eigenvalue weighted by Crippen LogP contribution is 2.32. The summed E-state index contributed by atoms with van der Waals surface area (Å²) in [4.78, 5) is 24.0. The van der Waals surface area contributed by atoms with Gasteiger partial charge in [-0.25, -0.2) is 0 Å². The zero-order valence-electron chi connectivity index (χ0n) is 26.9. The molecular weight excluding hydrogens is 592 g/mol. The van der Waals surface area contributed by atoms with E-state index in [9.17, 15) is 35.1 Å². The Bertz CT molecular complexity index is 857. The van der Waals surface area contributed by atoms with E-state index < -0.39 is 80.0 Å². The molecule has 0 aliphatic carbocycles. The van der Waals surface area contributed by atoms with Crippen LogP contribution in [0.2, 0.25) is 0 Å². The van der Waals surface area contributed by atoms with Crippen LogP contribution >= 0.6 is 0 Å². The SMILES string of the molecule is CC(=O)OC[C@H]1O[C@H]2OC(C)CCCCCCCCCCCCCCCC(=O)O[C@H]3[C@H](O)[C@@H](O)[C@H](O[C@@H]2[C@@H](O)[C@@H]1O)O[C@@H]3CO. The minimum atomic E-state index is -1.75. The van der Waals surface area contributed by atoms with Gasteiger partial charge in [-0.2, -0.15) is 0 Å². The van der Waals surface area contributed by atoms with Crippen molar-refractivity contribution in [1.29, 1.82) is 0 Å². The van der Waals surface area contributed by atoms with Crippen LogP contribution in [0.15, 0.2) is 0 Å². The van der Waals surface area contributed by atoms with Gasteiger partial charge in [-0.3, -0.25) is 9.59 Å². The summed E-state index contributed by atoms with van der Waals surface area (Å²) in [5.74, 6) is -1.17. The van der Waals surface area contributed by atoms with Gasteiger partial charge in [0.2, 0.25) is 0 Å². The van der Waals surface area contributed by atoms with Crippen LogP contribution in [0.5, 0.6) is 0 Å². The lowest BCUT2D eigenvalue weighted by atomic mass is 9.97. The summed E-state index contributed by atoms with van der Waals surface area (Å²) in [7, 11) is 0. The van der Waals surface area contributed by atoms with Crippen LogP contribution in [0.1, 0.15) is 110 Å². The number of carbonyl (C=O) groups is 2. The second kappa shape index (κ2) is 20.1. The number of hydrogen-bond donors (Lipinski definition) is 5. The Hall–Kier alpha value is -1.42. The first-order valence-corrected chi connectivity index (χ1v) is 16.9. The topological polar surface area (TPSA) is 191 Å². The standard InChI is InChI=1S/C32H56O13/c1-20-16-14-12-10-8-6-4-3-5-7-9-11-13-15-17-24(35)44-29-22(18-33)42-31(28(39)27(29)38)45-30-26(37)25(36)23(19-40-21(2)34)43-32(30)41-20/h20,22-23,25-33,36-39H,3-19H2,1-2H3/t20?,22-,23-,25-,26+,27-,28-,29-,30-,31+,32-/m1/s1. The van der Waals surface area contributed by atoms with Gasteiger partial charge in [0.05, 0.1) is 12.7 Å². The third-order valence-corrected chi connectivity index (χ3v) is 8.83. The van der Waals surface area contributed by atoms with Crippen LogP contribution in [0, 0.1) is 0 Å². The van der Waals surface area contributed by atoms with Gasteiger partial charge in [0.1, 0.15) is 49.3 Å². The highest BCUT2D eigenvalue weighted by molar-refractivity contribution is 5.69. The first-order chi connectivity index (χ1) is 21.6. The van der Waals surface area contributed by atoms with Crippen LogP contribution in [-0.4, -0.2) is 118 Å². The molecule has 0 aromatic heterocycles. The molecule has 45 heavy (non-hydrogen) atoms. The van der Waals surface area contributed by atoms with E-state index >= 15 is 0 Å². The summed E-state index contributed by atoms with van der Waals surface area (Å²) in [5, 5.41) is 53.7. The maximum Gasteiger partial charge on any atom is 0.306 e. The molecule has 0 saturated carbocycles. The Labute approximate surface area is 266 Å². The van der Waals surface area contributed by atoms with Crippen molar-refractivity contribution < 1.29 is 63.5 Å². The molecule has 4 aliphatic rings. The number of esters is 2. The molecular formula is C32H56O13. The Balaban J connectivity index is 1.74. The lowest BCUT2D eigenvalue weighted by Crippen LogP contribution is -2.65. The Morgan fingerprint density at radius 2 is 1.22 bits per heavy atom. The largest absolute Gasteiger partial charge is 0.463 e. The van der Waals surface area contributed by atoms with Gasteiger partial charge in [0, 0.05) is 13.3 Å². The van der Waals surface area contributed by atoms with Gasteiger partial charge in [0.25, 0.3) is 0 Å². The fourth-order valence-corrected chi connectivity index (χ4v) is 6.12. The predicted octanol–water partition coefficient (Wildman–Crippen LogP) is 2.00. The summed E-state index contributed by atoms with van der Waals surface area (Å²) < 4.78 is 34.1. The molecule has 262 valence electrons. The maximum atomic E-state index is 12.6. The van der Waals surface area contributed by atoms with E-state index in [1.165, 1.54) is 45.4 Å². The van der Waals surface area contributed by atoms with E-state index in [1.54, 1.807) is 0 Å². The average molecular weight is 649 g/mol. The lowest BCUT2D eigenvalue weighted by molar-refractivity contribution is -0.371. The molecule has 1 unspecified atom stereocenters. The number of rotatable bonds is 3. The zero-order chi connectivity index (χ0) is 32.8. The monoisotopic (exact) mass is 648 g/mol. The molecule has 11 atom stereocenters. The number of fused-ring (bicyclic) bond motifs is 20. The molecule has 4 saturated heterocycles. The van der Waals surface area contributed by atoms with Gasteiger partial charge < -0.3 is 54.0 Å². The van der Waals surface area contributed by atoms with Gasteiger partial charge in [-0.05, 0) is 19.8 Å². The average Bonchev–Trinajstić information content (AvgIpc) is 3.00. The van der Waals surface area contributed by atoms with Crippen molar-refractivity contribution in [3.8, 4) is 0 Å². The molecule has 5 N–H and O–H groups in total. The minimum Gasteiger partial charge on any atom is -0.463 e. The summed E-state index contributed by atoms with van der Waals surface area (Å²) in [6.45, 7) is 2.06. The molecule has 13 nitrogen and oxygen atoms in total. The molecule has 0 radical (unpaired) electrons. The summed E-state index contributed by atoms with van der Waals surface area (Å²) in [5.41, 5.74) is 0. The van der Waals surface area contributed by atoms with Crippen LogP contribution in [0.4, 0.5) is 0 Å². The Morgan fingerprint density at radius 1 is 0.689 bits per heavy atom. The molecule has 13 heteroatoms. The van der Waals surface area contributed by atoms with E-state index in [0.29, 0.717) is 12.8 Å². The quantitative estimate of drug-likeness (QED) is 0.280. The number of hydrogen-bond acceptors (Lipinski definition) is 13. The highest BCUT2D eigenvalue weighted by atomic mass is 16.8. The van der Waals surface area contributed by atoms with Crippen LogP contribution in [0.3, 0.4) is 0 Å². The Kier molecular flexibility index (Phi) is 17.0. The number of carbonyl (C=O) groups excluding carboxylic acids is 2. The molecule has 2 bridgehead atoms. The third-order valence-electron chi connectivity index (χ3n) is 8.83. The molecule has 0 aromatic rings. The summed E-state index contributed by atoms with van der Waals surface area (Å²) >= 11 is 0. The third kappa shape index (κ3) is 12.3. The van der Waals surface area contributed by atoms with E-state index in [1.807, 2.05) is 6.92 Å². The molecule has 0 spiro atoms. The van der Waals surface area contributed by atoms with Gasteiger partial charge in [-0.1, -0.05) is 77.0 Å². The lowest BCUT2D eigenvalue weighted by Gasteiger charge is -2.46. The van der Waals surface area contributed by atoms with Crippen molar-refractivity contribution in [2.24, 2.45) is 0 Å². The van der Waals surface area contributed by atoms with Crippen molar-refractivity contribution >= 4 is 11.9 Å². The zero-order valence-corrected chi connectivity index (χ0v) is 26.9. The molecule has 0 aromatic carbocycles. The van der Waals surface area contributed by atoms with Crippen LogP contribution in [0.25, 0.3) is 0 Å². The number of ether oxygens (including phenoxy) is 6. The first-order valence-electron chi connectivity index (χ1n) is 16.9. The Morgan fingerprint density at radius 3 is 1.80 bits per heavy atom. The summed E-state index contributed by atoms with van der Waals surface area (Å²) in [6.07, 6.45) is -0.126. The van der Waals surface area contributed by atoms with E-state index in [0.717, 1.165) is 38.5 Å².